The summed E-state index contributed by atoms with van der Waals surface area (Å²) in [6, 6.07) is 0.0284. The first-order valence-corrected chi connectivity index (χ1v) is 8.30. The van der Waals surface area contributed by atoms with Crippen molar-refractivity contribution >= 4 is 29.9 Å². The largest absolute Gasteiger partial charge is 0.401 e. The van der Waals surface area contributed by atoms with Gasteiger partial charge in [0.05, 0.1) is 12.6 Å². The first-order valence-electron chi connectivity index (χ1n) is 8.30. The van der Waals surface area contributed by atoms with Crippen LogP contribution in [0.1, 0.15) is 26.2 Å². The Morgan fingerprint density at radius 1 is 1.21 bits per heavy atom. The molecule has 0 aromatic rings. The summed E-state index contributed by atoms with van der Waals surface area (Å²) in [5.74, 6) is 0.791. The first kappa shape index (κ1) is 21.8. The molecule has 1 atom stereocenters. The highest BCUT2D eigenvalue weighted by molar-refractivity contribution is 14.0. The number of halogens is 4. The molecular weight excluding hydrogens is 436 g/mol. The molecule has 0 aromatic carbocycles. The standard InChI is InChI=1S/C15H27F3N4O.HI/c1-3-23-13-5-8-22(9-6-13)14(19-2)20-12-4-7-21(10-12)11-15(16,17)18;/h12-13H,3-11H2,1-2H3,(H,19,20);1H. The van der Waals surface area contributed by atoms with E-state index in [-0.39, 0.29) is 30.0 Å². The van der Waals surface area contributed by atoms with E-state index < -0.39 is 12.7 Å². The third-order valence-corrected chi connectivity index (χ3v) is 4.36. The number of aliphatic imine (C=N–C) groups is 1. The van der Waals surface area contributed by atoms with E-state index in [0.29, 0.717) is 25.6 Å². The SMILES string of the molecule is CCOC1CCN(C(=NC)NC2CCN(CC(F)(F)F)C2)CC1.I. The minimum atomic E-state index is -4.13. The number of nitrogens with one attached hydrogen (secondary N) is 1. The lowest BCUT2D eigenvalue weighted by atomic mass is 10.1. The Labute approximate surface area is 159 Å². The van der Waals surface area contributed by atoms with Gasteiger partial charge < -0.3 is 15.0 Å². The lowest BCUT2D eigenvalue weighted by Gasteiger charge is -2.35. The van der Waals surface area contributed by atoms with Gasteiger partial charge in [-0.05, 0) is 26.2 Å². The molecule has 9 heteroatoms. The highest BCUT2D eigenvalue weighted by Gasteiger charge is 2.35. The van der Waals surface area contributed by atoms with Gasteiger partial charge in [0, 0.05) is 45.9 Å². The van der Waals surface area contributed by atoms with Crippen LogP contribution in [0.2, 0.25) is 0 Å². The van der Waals surface area contributed by atoms with E-state index in [4.69, 9.17) is 4.74 Å². The molecular formula is C15H28F3IN4O. The molecule has 0 saturated carbocycles. The van der Waals surface area contributed by atoms with Gasteiger partial charge in [-0.15, -0.1) is 24.0 Å². The van der Waals surface area contributed by atoms with Crippen LogP contribution in [0.4, 0.5) is 13.2 Å². The number of guanidine groups is 1. The van der Waals surface area contributed by atoms with Gasteiger partial charge in [-0.25, -0.2) is 0 Å². The monoisotopic (exact) mass is 464 g/mol. The fourth-order valence-electron chi connectivity index (χ4n) is 3.30. The van der Waals surface area contributed by atoms with Crippen LogP contribution < -0.4 is 5.32 Å². The molecule has 0 radical (unpaired) electrons. The van der Waals surface area contributed by atoms with Crippen molar-refractivity contribution in [1.82, 2.24) is 15.1 Å². The molecule has 5 nitrogen and oxygen atoms in total. The van der Waals surface area contributed by atoms with Crippen LogP contribution in [0.15, 0.2) is 4.99 Å². The fraction of sp³-hybridized carbons (Fsp3) is 0.933. The predicted octanol–water partition coefficient (Wildman–Crippen LogP) is 2.32. The van der Waals surface area contributed by atoms with Gasteiger partial charge in [-0.3, -0.25) is 9.89 Å². The summed E-state index contributed by atoms with van der Waals surface area (Å²) in [5.41, 5.74) is 0. The molecule has 2 aliphatic heterocycles. The molecule has 0 amide bonds. The second-order valence-electron chi connectivity index (χ2n) is 6.17. The van der Waals surface area contributed by atoms with Crippen molar-refractivity contribution in [2.24, 2.45) is 4.99 Å². The predicted molar refractivity (Wildman–Crippen MR) is 99.0 cm³/mol. The van der Waals surface area contributed by atoms with Crippen LogP contribution in [0.25, 0.3) is 0 Å². The number of alkyl halides is 3. The maximum absolute atomic E-state index is 12.4. The Kier molecular flexibility index (Phi) is 9.07. The Morgan fingerprint density at radius 3 is 2.42 bits per heavy atom. The minimum Gasteiger partial charge on any atom is -0.378 e. The smallest absolute Gasteiger partial charge is 0.378 e. The molecule has 1 unspecified atom stereocenters. The van der Waals surface area contributed by atoms with Gasteiger partial charge in [0.2, 0.25) is 0 Å². The highest BCUT2D eigenvalue weighted by Crippen LogP contribution is 2.20. The Bertz CT molecular complexity index is 401. The number of hydrogen-bond acceptors (Lipinski definition) is 3. The molecule has 0 aromatic heterocycles. The zero-order chi connectivity index (χ0) is 16.9. The van der Waals surface area contributed by atoms with Gasteiger partial charge in [0.1, 0.15) is 0 Å². The van der Waals surface area contributed by atoms with Crippen molar-refractivity contribution in [3.63, 3.8) is 0 Å². The van der Waals surface area contributed by atoms with E-state index in [2.05, 4.69) is 15.2 Å². The van der Waals surface area contributed by atoms with Crippen LogP contribution in [0.5, 0.6) is 0 Å². The number of likely N-dealkylation sites (tertiary alicyclic amines) is 2. The maximum atomic E-state index is 12.4. The molecule has 0 aliphatic carbocycles. The third kappa shape index (κ3) is 6.91. The van der Waals surface area contributed by atoms with Crippen molar-refractivity contribution in [1.29, 1.82) is 0 Å². The molecule has 2 fully saturated rings. The van der Waals surface area contributed by atoms with Crippen LogP contribution >= 0.6 is 24.0 Å². The quantitative estimate of drug-likeness (QED) is 0.394. The van der Waals surface area contributed by atoms with Gasteiger partial charge in [-0.2, -0.15) is 13.2 Å². The second-order valence-corrected chi connectivity index (χ2v) is 6.17. The lowest BCUT2D eigenvalue weighted by molar-refractivity contribution is -0.143. The topological polar surface area (TPSA) is 40.1 Å². The number of nitrogens with zero attached hydrogens (tertiary/aromatic N) is 3. The number of ether oxygens (including phenoxy) is 1. The Morgan fingerprint density at radius 2 is 1.88 bits per heavy atom. The summed E-state index contributed by atoms with van der Waals surface area (Å²) in [6.07, 6.45) is -1.19. The van der Waals surface area contributed by atoms with E-state index in [1.165, 1.54) is 4.90 Å². The van der Waals surface area contributed by atoms with Crippen LogP contribution in [-0.4, -0.2) is 80.5 Å². The minimum absolute atomic E-state index is 0. The van der Waals surface area contributed by atoms with Gasteiger partial charge in [0.25, 0.3) is 0 Å². The Hall–Kier alpha value is -0.290. The van der Waals surface area contributed by atoms with Crippen LogP contribution in [0, 0.1) is 0 Å². The summed E-state index contributed by atoms with van der Waals surface area (Å²) in [5, 5.41) is 3.32. The van der Waals surface area contributed by atoms with Crippen molar-refractivity contribution < 1.29 is 17.9 Å². The summed E-state index contributed by atoms with van der Waals surface area (Å²) < 4.78 is 43.0. The Balaban J connectivity index is 0.00000288. The summed E-state index contributed by atoms with van der Waals surface area (Å²) in [6.45, 7) is 4.51. The average molecular weight is 464 g/mol. The number of hydrogen-bond donors (Lipinski definition) is 1. The highest BCUT2D eigenvalue weighted by atomic mass is 127. The average Bonchev–Trinajstić information content (AvgIpc) is 2.91. The van der Waals surface area contributed by atoms with Crippen molar-refractivity contribution in [2.75, 3.05) is 46.4 Å². The molecule has 2 saturated heterocycles. The van der Waals surface area contributed by atoms with E-state index >= 15 is 0 Å². The molecule has 1 N–H and O–H groups in total. The van der Waals surface area contributed by atoms with Crippen molar-refractivity contribution in [3.05, 3.63) is 0 Å². The first-order chi connectivity index (χ1) is 10.9. The molecule has 0 bridgehead atoms. The maximum Gasteiger partial charge on any atom is 0.401 e. The van der Waals surface area contributed by atoms with E-state index in [0.717, 1.165) is 38.5 Å². The van der Waals surface area contributed by atoms with E-state index in [1.54, 1.807) is 7.05 Å². The summed E-state index contributed by atoms with van der Waals surface area (Å²) in [4.78, 5) is 7.92. The summed E-state index contributed by atoms with van der Waals surface area (Å²) >= 11 is 0. The lowest BCUT2D eigenvalue weighted by Crippen LogP contribution is -2.50. The molecule has 142 valence electrons. The van der Waals surface area contributed by atoms with Gasteiger partial charge in [0.15, 0.2) is 5.96 Å². The molecule has 0 spiro atoms. The van der Waals surface area contributed by atoms with Gasteiger partial charge in [-0.1, -0.05) is 0 Å². The van der Waals surface area contributed by atoms with Gasteiger partial charge >= 0.3 is 6.18 Å². The normalized spacial score (nSPS) is 24.1. The zero-order valence-electron chi connectivity index (χ0n) is 14.3. The summed E-state index contributed by atoms with van der Waals surface area (Å²) in [7, 11) is 1.72. The number of rotatable bonds is 4. The molecule has 2 rings (SSSR count). The fourth-order valence-corrected chi connectivity index (χ4v) is 3.30. The third-order valence-electron chi connectivity index (χ3n) is 4.36. The van der Waals surface area contributed by atoms with Crippen LogP contribution in [-0.2, 0) is 4.74 Å². The molecule has 24 heavy (non-hydrogen) atoms. The van der Waals surface area contributed by atoms with Crippen molar-refractivity contribution in [3.8, 4) is 0 Å². The second kappa shape index (κ2) is 10.0. The van der Waals surface area contributed by atoms with Crippen molar-refractivity contribution in [2.45, 2.75) is 44.5 Å². The molecule has 2 aliphatic rings. The number of piperidine rings is 1. The molecule has 2 heterocycles. The van der Waals surface area contributed by atoms with Crippen LogP contribution in [0.3, 0.4) is 0 Å². The van der Waals surface area contributed by atoms with E-state index in [1.807, 2.05) is 6.92 Å². The van der Waals surface area contributed by atoms with E-state index in [9.17, 15) is 13.2 Å². The zero-order valence-corrected chi connectivity index (χ0v) is 16.6.